The van der Waals surface area contributed by atoms with Crippen LogP contribution in [0.4, 0.5) is 0 Å². The first-order valence-corrected chi connectivity index (χ1v) is 20.1. The summed E-state index contributed by atoms with van der Waals surface area (Å²) in [6, 6.07) is -3.23. The Labute approximate surface area is 362 Å². The molecule has 0 aromatic rings. The molecule has 0 saturated carbocycles. The maximum absolute atomic E-state index is 13.1. The molecule has 17 N–H and O–H groups in total. The molecule has 24 atom stereocenters. The van der Waals surface area contributed by atoms with Gasteiger partial charge in [0.15, 0.2) is 25.2 Å². The summed E-state index contributed by atoms with van der Waals surface area (Å²) >= 11 is 0. The minimum absolute atomic E-state index is 0.719. The molecule has 0 unspecified atom stereocenters. The molecular formula is C35H58N2O27. The quantitative estimate of drug-likeness (QED) is 0.0683. The van der Waals surface area contributed by atoms with Crippen LogP contribution in [0.25, 0.3) is 0 Å². The van der Waals surface area contributed by atoms with Crippen LogP contribution >= 0.6 is 0 Å². The number of hydrogen-bond acceptors (Lipinski definition) is 26. The van der Waals surface area contributed by atoms with E-state index in [0.29, 0.717) is 0 Å². The van der Waals surface area contributed by atoms with E-state index in [4.69, 9.17) is 42.6 Å². The van der Waals surface area contributed by atoms with Gasteiger partial charge in [-0.1, -0.05) is 0 Å². The molecule has 5 heterocycles. The van der Waals surface area contributed by atoms with Gasteiger partial charge in [0.25, 0.3) is 5.79 Å². The number of amides is 2. The summed E-state index contributed by atoms with van der Waals surface area (Å²) in [6.07, 6.45) is -42.2. The molecule has 0 aromatic heterocycles. The highest BCUT2D eigenvalue weighted by Crippen LogP contribution is 2.40. The Bertz CT molecular complexity index is 1550. The fraction of sp³-hybridized carbons (Fsp3) is 0.914. The van der Waals surface area contributed by atoms with Crippen molar-refractivity contribution in [1.29, 1.82) is 0 Å². The zero-order valence-corrected chi connectivity index (χ0v) is 34.1. The molecule has 5 aliphatic rings. The highest BCUT2D eigenvalue weighted by atomic mass is 16.8. The molecule has 64 heavy (non-hydrogen) atoms. The zero-order chi connectivity index (χ0) is 47.5. The normalized spacial score (nSPS) is 47.7. The number of ether oxygens (including phenoxy) is 9. The average Bonchev–Trinajstić information content (AvgIpc) is 3.25. The fourth-order valence-corrected chi connectivity index (χ4v) is 8.14. The van der Waals surface area contributed by atoms with Gasteiger partial charge in [0.2, 0.25) is 11.8 Å². The van der Waals surface area contributed by atoms with Gasteiger partial charge < -0.3 is 130 Å². The lowest BCUT2D eigenvalue weighted by atomic mass is 9.91. The Hall–Kier alpha value is -2.51. The van der Waals surface area contributed by atoms with E-state index in [9.17, 15) is 91.0 Å². The molecule has 5 rings (SSSR count). The number of hydrogen-bond donors (Lipinski definition) is 17. The van der Waals surface area contributed by atoms with Crippen molar-refractivity contribution in [2.75, 3.05) is 33.0 Å². The van der Waals surface area contributed by atoms with Gasteiger partial charge in [-0.2, -0.15) is 0 Å². The van der Waals surface area contributed by atoms with Gasteiger partial charge in [-0.3, -0.25) is 9.59 Å². The lowest BCUT2D eigenvalue weighted by Gasteiger charge is -2.52. The molecule has 0 bridgehead atoms. The largest absolute Gasteiger partial charge is 0.477 e. The molecule has 29 heteroatoms. The number of carbonyl (C=O) groups is 3. The van der Waals surface area contributed by atoms with Crippen molar-refractivity contribution in [3.05, 3.63) is 0 Å². The first-order valence-electron chi connectivity index (χ1n) is 20.1. The highest BCUT2D eigenvalue weighted by molar-refractivity contribution is 5.76. The third kappa shape index (κ3) is 10.9. The summed E-state index contributed by atoms with van der Waals surface area (Å²) in [5.74, 6) is -6.70. The molecule has 29 nitrogen and oxygen atoms in total. The van der Waals surface area contributed by atoms with Crippen LogP contribution in [-0.4, -0.2) is 274 Å². The van der Waals surface area contributed by atoms with Gasteiger partial charge in [0.1, 0.15) is 104 Å². The number of aliphatic hydroxyl groups excluding tert-OH is 14. The second-order valence-electron chi connectivity index (χ2n) is 15.9. The SMILES string of the molecule is CC(=O)N[C@H]1[C@H](O[C@@H]2[C@H](O[C@]3(C(=O)O)C[C@H](O)[C@@H](NC(C)=O)[C@H](CO)O3)[C@@H](O)[C@H](O[C@H]3[C@H](O)[C@@H](O)[C@H](O)O[C@@H]3CO)O[C@@H]2CO)O[C@H](CO)[C@H](O)[C@@H]1O[C@@H]1O[C@H](CO)[C@H](O)[C@H](O)[C@H]1O. The molecule has 0 radical (unpaired) electrons. The Balaban J connectivity index is 1.57. The molecule has 0 aromatic carbocycles. The van der Waals surface area contributed by atoms with Crippen LogP contribution in [0, 0.1) is 0 Å². The maximum Gasteiger partial charge on any atom is 0.364 e. The summed E-state index contributed by atoms with van der Waals surface area (Å²) in [6.45, 7) is -3.05. The number of aliphatic hydroxyl groups is 14. The monoisotopic (exact) mass is 938 g/mol. The molecule has 0 aliphatic carbocycles. The number of aliphatic carboxylic acids is 1. The summed E-state index contributed by atoms with van der Waals surface area (Å²) in [5.41, 5.74) is 0. The third-order valence-corrected chi connectivity index (χ3v) is 11.4. The van der Waals surface area contributed by atoms with Gasteiger partial charge in [-0.05, 0) is 0 Å². The predicted octanol–water partition coefficient (Wildman–Crippen LogP) is -11.2. The fourth-order valence-electron chi connectivity index (χ4n) is 8.14. The van der Waals surface area contributed by atoms with E-state index >= 15 is 0 Å². The minimum Gasteiger partial charge on any atom is -0.477 e. The van der Waals surface area contributed by atoms with Crippen LogP contribution in [-0.2, 0) is 57.0 Å². The molecule has 5 fully saturated rings. The van der Waals surface area contributed by atoms with E-state index in [1.165, 1.54) is 0 Å². The number of carboxylic acids is 1. The Morgan fingerprint density at radius 3 is 1.56 bits per heavy atom. The maximum atomic E-state index is 13.1. The van der Waals surface area contributed by atoms with Crippen LogP contribution in [0.5, 0.6) is 0 Å². The number of carbonyl (C=O) groups excluding carboxylic acids is 2. The van der Waals surface area contributed by atoms with Crippen molar-refractivity contribution in [2.45, 2.75) is 167 Å². The van der Waals surface area contributed by atoms with Gasteiger partial charge in [-0.15, -0.1) is 0 Å². The second kappa shape index (κ2) is 22.1. The molecule has 2 amide bonds. The zero-order valence-electron chi connectivity index (χ0n) is 34.1. The Morgan fingerprint density at radius 2 is 1.00 bits per heavy atom. The lowest BCUT2D eigenvalue weighted by Crippen LogP contribution is -2.71. The van der Waals surface area contributed by atoms with Crippen LogP contribution in [0.15, 0.2) is 0 Å². The third-order valence-electron chi connectivity index (χ3n) is 11.4. The molecule has 0 spiro atoms. The molecule has 370 valence electrons. The van der Waals surface area contributed by atoms with Crippen molar-refractivity contribution in [3.63, 3.8) is 0 Å². The number of rotatable bonds is 16. The molecular weight excluding hydrogens is 880 g/mol. The summed E-state index contributed by atoms with van der Waals surface area (Å²) in [7, 11) is 0. The van der Waals surface area contributed by atoms with Crippen LogP contribution in [0.3, 0.4) is 0 Å². The van der Waals surface area contributed by atoms with Crippen LogP contribution in [0.2, 0.25) is 0 Å². The summed E-state index contributed by atoms with van der Waals surface area (Å²) in [4.78, 5) is 37.8. The molecule has 5 aliphatic heterocycles. The van der Waals surface area contributed by atoms with Crippen molar-refractivity contribution in [1.82, 2.24) is 10.6 Å². The van der Waals surface area contributed by atoms with Gasteiger partial charge in [-0.25, -0.2) is 4.79 Å². The van der Waals surface area contributed by atoms with Crippen molar-refractivity contribution < 1.29 is 134 Å². The van der Waals surface area contributed by atoms with E-state index in [1.54, 1.807) is 0 Å². The standard InChI is InChI=1S/C35H58N2O27/c1-9(43)36-17-11(45)3-35(34(54)55,63-12(17)4-38)64-29-25(52)33(60-26-15(7-41)56-30(53)23(50)22(26)49)59-16(8-42)27(29)61-31-18(37-10(2)44)28(20(47)14(6-40)57-31)62-32-24(51)21(48)19(46)13(5-39)58-32/h11-33,38-42,45-53H,3-8H2,1-2H3,(H,36,43)(H,37,44)(H,54,55)/t11-,12-,13+,14+,15+,16+,17+,18+,19-,20-,21-,22+,23+,24+,25+,26+,27-,28+,29+,30+,31-,32-,33-,35-/m0/s1. The minimum atomic E-state index is -3.10. The van der Waals surface area contributed by atoms with E-state index < -0.39 is 204 Å². The van der Waals surface area contributed by atoms with E-state index in [0.717, 1.165) is 13.8 Å². The average molecular weight is 939 g/mol. The summed E-state index contributed by atoms with van der Waals surface area (Å²) < 4.78 is 51.5. The molecule has 5 saturated heterocycles. The second-order valence-corrected chi connectivity index (χ2v) is 15.9. The van der Waals surface area contributed by atoms with E-state index in [-0.39, 0.29) is 0 Å². The van der Waals surface area contributed by atoms with Gasteiger partial charge in [0.05, 0.1) is 45.2 Å². The smallest absolute Gasteiger partial charge is 0.364 e. The van der Waals surface area contributed by atoms with Crippen molar-refractivity contribution in [2.24, 2.45) is 0 Å². The van der Waals surface area contributed by atoms with Gasteiger partial charge in [0, 0.05) is 20.3 Å². The Kier molecular flexibility index (Phi) is 18.1. The van der Waals surface area contributed by atoms with E-state index in [1.807, 2.05) is 0 Å². The summed E-state index contributed by atoms with van der Waals surface area (Å²) in [5, 5.41) is 163. The lowest BCUT2D eigenvalue weighted by molar-refractivity contribution is -0.401. The van der Waals surface area contributed by atoms with Crippen molar-refractivity contribution in [3.8, 4) is 0 Å². The number of nitrogens with one attached hydrogen (secondary N) is 2. The van der Waals surface area contributed by atoms with Gasteiger partial charge >= 0.3 is 5.97 Å². The Morgan fingerprint density at radius 1 is 0.516 bits per heavy atom. The van der Waals surface area contributed by atoms with Crippen molar-refractivity contribution >= 4 is 17.8 Å². The van der Waals surface area contributed by atoms with Crippen LogP contribution < -0.4 is 10.6 Å². The topological polar surface area (TPSA) is 462 Å². The van der Waals surface area contributed by atoms with E-state index in [2.05, 4.69) is 10.6 Å². The number of carboxylic acid groups (broad SMARTS) is 1. The first-order chi connectivity index (χ1) is 30.2. The van der Waals surface area contributed by atoms with Crippen LogP contribution in [0.1, 0.15) is 20.3 Å². The first kappa shape index (κ1) is 52.5. The highest BCUT2D eigenvalue weighted by Gasteiger charge is 2.61. The predicted molar refractivity (Wildman–Crippen MR) is 195 cm³/mol.